The number of aromatic nitrogens is 1. The average Bonchev–Trinajstić information content (AvgIpc) is 2.88. The number of urea groups is 1. The number of carboxylic acid groups (broad SMARTS) is 1. The van der Waals surface area contributed by atoms with Crippen molar-refractivity contribution in [3.63, 3.8) is 0 Å². The van der Waals surface area contributed by atoms with Gasteiger partial charge < -0.3 is 14.9 Å². The van der Waals surface area contributed by atoms with Crippen LogP contribution in [0.3, 0.4) is 0 Å². The Morgan fingerprint density at radius 1 is 1.31 bits per heavy atom. The van der Waals surface area contributed by atoms with Crippen LogP contribution in [0.1, 0.15) is 52.4 Å². The van der Waals surface area contributed by atoms with Gasteiger partial charge in [-0.2, -0.15) is 0 Å². The average molecular weight is 361 g/mol. The van der Waals surface area contributed by atoms with Crippen LogP contribution in [0.2, 0.25) is 0 Å². The van der Waals surface area contributed by atoms with Gasteiger partial charge in [0.25, 0.3) is 0 Å². The van der Waals surface area contributed by atoms with Crippen molar-refractivity contribution in [2.24, 2.45) is 11.3 Å². The first-order valence-electron chi connectivity index (χ1n) is 9.28. The molecule has 0 unspecified atom stereocenters. The monoisotopic (exact) mass is 361 g/mol. The van der Waals surface area contributed by atoms with Gasteiger partial charge in [-0.25, -0.2) is 9.59 Å². The van der Waals surface area contributed by atoms with Crippen LogP contribution < -0.4 is 0 Å². The highest BCUT2D eigenvalue weighted by Gasteiger charge is 2.59. The van der Waals surface area contributed by atoms with E-state index in [2.05, 4.69) is 4.98 Å². The van der Waals surface area contributed by atoms with Crippen molar-refractivity contribution in [2.75, 3.05) is 13.1 Å². The zero-order valence-corrected chi connectivity index (χ0v) is 16.7. The van der Waals surface area contributed by atoms with E-state index in [0.717, 1.165) is 11.4 Å². The van der Waals surface area contributed by atoms with Crippen LogP contribution in [0.25, 0.3) is 0 Å². The van der Waals surface area contributed by atoms with Crippen LogP contribution in [-0.2, 0) is 11.3 Å². The molecular weight excluding hydrogens is 330 g/mol. The summed E-state index contributed by atoms with van der Waals surface area (Å²) in [6.45, 7) is 12.9. The highest BCUT2D eigenvalue weighted by atomic mass is 16.4. The number of aryl methyl sites for hydroxylation is 1. The predicted octanol–water partition coefficient (Wildman–Crippen LogP) is 3.54. The Bertz CT molecular complexity index is 683. The molecule has 1 aliphatic heterocycles. The molecule has 0 bridgehead atoms. The maximum absolute atomic E-state index is 13.2. The van der Waals surface area contributed by atoms with Crippen LogP contribution in [0.15, 0.2) is 18.2 Å². The number of carbonyl (C=O) groups is 2. The summed E-state index contributed by atoms with van der Waals surface area (Å²) < 4.78 is 0. The Morgan fingerprint density at radius 2 is 1.96 bits per heavy atom. The molecule has 0 aliphatic carbocycles. The second-order valence-electron chi connectivity index (χ2n) is 8.26. The molecule has 6 nitrogen and oxygen atoms in total. The third-order valence-electron chi connectivity index (χ3n) is 5.61. The van der Waals surface area contributed by atoms with Crippen LogP contribution in [0, 0.1) is 18.3 Å². The summed E-state index contributed by atoms with van der Waals surface area (Å²) in [5.74, 6) is -1.09. The molecule has 0 saturated carbocycles. The summed E-state index contributed by atoms with van der Waals surface area (Å²) in [6.07, 6.45) is 0.687. The van der Waals surface area contributed by atoms with Gasteiger partial charge in [0.15, 0.2) is 0 Å². The van der Waals surface area contributed by atoms with Crippen molar-refractivity contribution in [1.82, 2.24) is 14.8 Å². The molecule has 6 heteroatoms. The van der Waals surface area contributed by atoms with Gasteiger partial charge in [-0.3, -0.25) is 4.98 Å². The predicted molar refractivity (Wildman–Crippen MR) is 101 cm³/mol. The normalized spacial score (nSPS) is 18.8. The first kappa shape index (κ1) is 20.2. The Kier molecular flexibility index (Phi) is 5.64. The number of hydrogen-bond donors (Lipinski definition) is 1. The second-order valence-corrected chi connectivity index (χ2v) is 8.26. The number of carbonyl (C=O) groups excluding carboxylic acids is 1. The van der Waals surface area contributed by atoms with Crippen LogP contribution in [0.5, 0.6) is 0 Å². The van der Waals surface area contributed by atoms with E-state index in [9.17, 15) is 14.7 Å². The van der Waals surface area contributed by atoms with Gasteiger partial charge in [-0.05, 0) is 30.4 Å². The van der Waals surface area contributed by atoms with Crippen LogP contribution in [0.4, 0.5) is 4.79 Å². The van der Waals surface area contributed by atoms with E-state index in [1.165, 1.54) is 0 Å². The minimum absolute atomic E-state index is 0.166. The number of rotatable bonds is 6. The molecule has 1 N–H and O–H groups in total. The largest absolute Gasteiger partial charge is 0.479 e. The molecule has 2 amide bonds. The van der Waals surface area contributed by atoms with E-state index in [0.29, 0.717) is 26.1 Å². The molecule has 144 valence electrons. The molecule has 1 fully saturated rings. The Labute approximate surface area is 156 Å². The van der Waals surface area contributed by atoms with Gasteiger partial charge in [-0.1, -0.05) is 47.1 Å². The zero-order chi connectivity index (χ0) is 19.7. The quantitative estimate of drug-likeness (QED) is 0.841. The Hall–Kier alpha value is -2.11. The van der Waals surface area contributed by atoms with Gasteiger partial charge in [0.1, 0.15) is 5.54 Å². The van der Waals surface area contributed by atoms with Crippen LogP contribution >= 0.6 is 0 Å². The molecule has 1 saturated heterocycles. The van der Waals surface area contributed by atoms with Crippen molar-refractivity contribution in [1.29, 1.82) is 0 Å². The van der Waals surface area contributed by atoms with Crippen molar-refractivity contribution in [2.45, 2.75) is 60.0 Å². The fraction of sp³-hybridized carbons (Fsp3) is 0.650. The molecule has 2 atom stereocenters. The lowest BCUT2D eigenvalue weighted by atomic mass is 9.64. The van der Waals surface area contributed by atoms with Crippen molar-refractivity contribution < 1.29 is 14.7 Å². The van der Waals surface area contributed by atoms with E-state index in [-0.39, 0.29) is 11.9 Å². The number of nitrogens with zero attached hydrogens (tertiary/aromatic N) is 3. The van der Waals surface area contributed by atoms with Gasteiger partial charge in [0.2, 0.25) is 0 Å². The first-order chi connectivity index (χ1) is 12.1. The van der Waals surface area contributed by atoms with E-state index in [1.54, 1.807) is 9.80 Å². The Morgan fingerprint density at radius 3 is 2.46 bits per heavy atom. The van der Waals surface area contributed by atoms with Gasteiger partial charge in [0.05, 0.1) is 12.2 Å². The molecule has 2 rings (SSSR count). The van der Waals surface area contributed by atoms with Crippen LogP contribution in [-0.4, -0.2) is 50.5 Å². The lowest BCUT2D eigenvalue weighted by molar-refractivity contribution is -0.162. The molecule has 0 aromatic carbocycles. The third-order valence-corrected chi connectivity index (χ3v) is 5.61. The molecule has 0 spiro atoms. The summed E-state index contributed by atoms with van der Waals surface area (Å²) in [5.41, 5.74) is -0.115. The second kappa shape index (κ2) is 7.25. The highest BCUT2D eigenvalue weighted by Crippen LogP contribution is 2.45. The summed E-state index contributed by atoms with van der Waals surface area (Å²) in [6, 6.07) is 5.52. The summed E-state index contributed by atoms with van der Waals surface area (Å²) >= 11 is 0. The molecule has 2 heterocycles. The summed E-state index contributed by atoms with van der Waals surface area (Å²) in [7, 11) is 0. The topological polar surface area (TPSA) is 73.7 Å². The van der Waals surface area contributed by atoms with Crippen molar-refractivity contribution >= 4 is 12.0 Å². The number of pyridine rings is 1. The number of carboxylic acids is 1. The minimum Gasteiger partial charge on any atom is -0.479 e. The van der Waals surface area contributed by atoms with Gasteiger partial charge in [0, 0.05) is 18.8 Å². The lowest BCUT2D eigenvalue weighted by Gasteiger charge is -2.50. The first-order valence-corrected chi connectivity index (χ1v) is 9.28. The maximum atomic E-state index is 13.2. The molecular formula is C20H31N3O3. The SMILES string of the molecule is CC[C@H](C)[C@](C(=O)O)(N1CCN(Cc2cccc(C)n2)C1=O)C(C)(C)C. The zero-order valence-electron chi connectivity index (χ0n) is 16.7. The van der Waals surface area contributed by atoms with Gasteiger partial charge >= 0.3 is 12.0 Å². The lowest BCUT2D eigenvalue weighted by Crippen LogP contribution is -2.66. The van der Waals surface area contributed by atoms with E-state index in [1.807, 2.05) is 59.7 Å². The highest BCUT2D eigenvalue weighted by molar-refractivity contribution is 5.88. The number of aliphatic carboxylic acids is 1. The minimum atomic E-state index is -1.24. The maximum Gasteiger partial charge on any atom is 0.330 e. The fourth-order valence-corrected chi connectivity index (χ4v) is 4.29. The smallest absolute Gasteiger partial charge is 0.330 e. The standard InChI is InChI=1S/C20H31N3O3/c1-7-14(2)20(17(24)25,19(4,5)6)23-12-11-22(18(23)26)13-16-10-8-9-15(3)21-16/h8-10,14H,7,11-13H2,1-6H3,(H,24,25)/t14-,20+/m0/s1. The molecule has 1 aliphatic rings. The summed E-state index contributed by atoms with van der Waals surface area (Å²) in [4.78, 5) is 33.4. The fourth-order valence-electron chi connectivity index (χ4n) is 4.29. The van der Waals surface area contributed by atoms with E-state index < -0.39 is 16.9 Å². The van der Waals surface area contributed by atoms with E-state index in [4.69, 9.17) is 0 Å². The van der Waals surface area contributed by atoms with Gasteiger partial charge in [-0.15, -0.1) is 0 Å². The Balaban J connectivity index is 2.36. The van der Waals surface area contributed by atoms with Crippen molar-refractivity contribution in [3.8, 4) is 0 Å². The molecule has 0 radical (unpaired) electrons. The molecule has 26 heavy (non-hydrogen) atoms. The van der Waals surface area contributed by atoms with E-state index >= 15 is 0 Å². The third kappa shape index (κ3) is 3.29. The number of hydrogen-bond acceptors (Lipinski definition) is 3. The number of amides is 2. The molecule has 1 aromatic rings. The van der Waals surface area contributed by atoms with Crippen molar-refractivity contribution in [3.05, 3.63) is 29.6 Å². The summed E-state index contributed by atoms with van der Waals surface area (Å²) in [5, 5.41) is 10.2. The molecule has 1 aromatic heterocycles.